The minimum absolute atomic E-state index is 0.00359. The first-order valence-corrected chi connectivity index (χ1v) is 10.5. The van der Waals surface area contributed by atoms with Crippen LogP contribution in [0.3, 0.4) is 0 Å². The van der Waals surface area contributed by atoms with Gasteiger partial charge in [0.2, 0.25) is 11.7 Å². The fourth-order valence-corrected chi connectivity index (χ4v) is 4.22. The number of nitrogens with zero attached hydrogens (tertiary/aromatic N) is 2. The lowest BCUT2D eigenvalue weighted by molar-refractivity contribution is -0.248. The molecule has 164 valence electrons. The summed E-state index contributed by atoms with van der Waals surface area (Å²) in [4.78, 5) is 8.65. The van der Waals surface area contributed by atoms with Gasteiger partial charge in [-0.2, -0.15) is 9.97 Å². The molecule has 1 aliphatic heterocycles. The highest BCUT2D eigenvalue weighted by atomic mass is 16.7. The molecule has 7 heteroatoms. The molecular weight excluding hydrogens is 396 g/mol. The Bertz CT molecular complexity index is 1040. The highest BCUT2D eigenvalue weighted by molar-refractivity contribution is 5.84. The Hall–Kier alpha value is -2.74. The molecule has 1 saturated heterocycles. The summed E-state index contributed by atoms with van der Waals surface area (Å²) in [6.45, 7) is 4.48. The minimum Gasteiger partial charge on any atom is -0.480 e. The topological polar surface area (TPSA) is 82.9 Å². The Morgan fingerprint density at radius 2 is 1.84 bits per heavy atom. The van der Waals surface area contributed by atoms with Crippen molar-refractivity contribution in [3.05, 3.63) is 59.7 Å². The van der Waals surface area contributed by atoms with E-state index in [0.717, 1.165) is 17.4 Å². The van der Waals surface area contributed by atoms with Gasteiger partial charge in [0.25, 0.3) is 0 Å². The second kappa shape index (κ2) is 8.78. The van der Waals surface area contributed by atoms with Gasteiger partial charge < -0.3 is 24.1 Å². The van der Waals surface area contributed by atoms with Crippen molar-refractivity contribution < 1.29 is 24.1 Å². The number of hydrogen-bond acceptors (Lipinski definition) is 7. The van der Waals surface area contributed by atoms with Gasteiger partial charge in [-0.3, -0.25) is 0 Å². The Balaban J connectivity index is 1.72. The molecule has 2 heterocycles. The molecule has 0 amide bonds. The summed E-state index contributed by atoms with van der Waals surface area (Å²) in [5.41, 5.74) is 2.20. The molecule has 4 rings (SSSR count). The predicted molar refractivity (Wildman–Crippen MR) is 116 cm³/mol. The number of aliphatic hydroxyl groups is 1. The molecule has 1 N–H and O–H groups in total. The smallest absolute Gasteiger partial charge is 0.320 e. The van der Waals surface area contributed by atoms with Crippen molar-refractivity contribution in [3.63, 3.8) is 0 Å². The molecule has 4 atom stereocenters. The largest absolute Gasteiger partial charge is 0.480 e. The van der Waals surface area contributed by atoms with Gasteiger partial charge in [-0.15, -0.1) is 0 Å². The lowest BCUT2D eigenvalue weighted by atomic mass is 9.91. The highest BCUT2D eigenvalue weighted by Crippen LogP contribution is 2.45. The average molecular weight is 424 g/mol. The first kappa shape index (κ1) is 21.5. The van der Waals surface area contributed by atoms with E-state index in [1.807, 2.05) is 49.4 Å². The van der Waals surface area contributed by atoms with E-state index in [9.17, 15) is 5.11 Å². The monoisotopic (exact) mass is 424 g/mol. The van der Waals surface area contributed by atoms with Crippen LogP contribution in [0.4, 0.5) is 0 Å². The maximum Gasteiger partial charge on any atom is 0.320 e. The van der Waals surface area contributed by atoms with E-state index in [-0.39, 0.29) is 18.0 Å². The maximum absolute atomic E-state index is 11.7. The summed E-state index contributed by atoms with van der Waals surface area (Å²) in [6.07, 6.45) is 0.100. The summed E-state index contributed by atoms with van der Waals surface area (Å²) in [5.74, 6) is -1.19. The van der Waals surface area contributed by atoms with E-state index in [4.69, 9.17) is 18.9 Å². The summed E-state index contributed by atoms with van der Waals surface area (Å²) >= 11 is 0. The van der Waals surface area contributed by atoms with Gasteiger partial charge in [0.05, 0.1) is 37.8 Å². The van der Waals surface area contributed by atoms with E-state index in [0.29, 0.717) is 23.6 Å². The molecule has 7 nitrogen and oxygen atoms in total. The van der Waals surface area contributed by atoms with Crippen LogP contribution in [0.1, 0.15) is 31.4 Å². The molecule has 1 aliphatic rings. The zero-order chi connectivity index (χ0) is 22.0. The first-order chi connectivity index (χ1) is 15.0. The fourth-order valence-electron chi connectivity index (χ4n) is 4.22. The fraction of sp³-hybridized carbons (Fsp3) is 0.417. The van der Waals surface area contributed by atoms with E-state index >= 15 is 0 Å². The third-order valence-corrected chi connectivity index (χ3v) is 5.89. The van der Waals surface area contributed by atoms with Crippen LogP contribution in [0, 0.1) is 5.92 Å². The summed E-state index contributed by atoms with van der Waals surface area (Å²) in [5, 5.41) is 12.4. The molecule has 1 fully saturated rings. The molecule has 2 aromatic carbocycles. The van der Waals surface area contributed by atoms with Gasteiger partial charge in [-0.25, -0.2) is 0 Å². The van der Waals surface area contributed by atoms with Crippen LogP contribution in [-0.4, -0.2) is 41.5 Å². The van der Waals surface area contributed by atoms with Gasteiger partial charge in [0.1, 0.15) is 6.10 Å². The van der Waals surface area contributed by atoms with E-state index < -0.39 is 11.9 Å². The van der Waals surface area contributed by atoms with Crippen LogP contribution < -0.4 is 9.47 Å². The van der Waals surface area contributed by atoms with E-state index in [1.165, 1.54) is 7.11 Å². The lowest BCUT2D eigenvalue weighted by Gasteiger charge is -2.30. The average Bonchev–Trinajstić information content (AvgIpc) is 3.07. The van der Waals surface area contributed by atoms with E-state index in [2.05, 4.69) is 16.9 Å². The third-order valence-electron chi connectivity index (χ3n) is 5.89. The van der Waals surface area contributed by atoms with Crippen molar-refractivity contribution in [2.45, 2.75) is 44.9 Å². The van der Waals surface area contributed by atoms with Crippen LogP contribution in [-0.2, 0) is 21.9 Å². The van der Waals surface area contributed by atoms with Gasteiger partial charge in [-0.1, -0.05) is 50.2 Å². The molecule has 0 bridgehead atoms. The first-order valence-electron chi connectivity index (χ1n) is 10.5. The Morgan fingerprint density at radius 1 is 1.06 bits per heavy atom. The number of methoxy groups -OCH3 is 2. The molecule has 0 unspecified atom stereocenters. The van der Waals surface area contributed by atoms with Crippen molar-refractivity contribution in [2.75, 3.05) is 14.2 Å². The predicted octanol–water partition coefficient (Wildman–Crippen LogP) is 3.82. The molecular formula is C24H28N2O5. The molecule has 0 aliphatic carbocycles. The number of fused-ring (bicyclic) bond motifs is 1. The molecule has 0 saturated carbocycles. The van der Waals surface area contributed by atoms with Crippen molar-refractivity contribution >= 4 is 10.9 Å². The van der Waals surface area contributed by atoms with Crippen LogP contribution in [0.5, 0.6) is 11.9 Å². The van der Waals surface area contributed by atoms with E-state index in [1.54, 1.807) is 13.2 Å². The molecule has 1 aromatic heterocycles. The van der Waals surface area contributed by atoms with Crippen LogP contribution in [0.25, 0.3) is 10.9 Å². The number of hydrogen-bond donors (Lipinski definition) is 1. The van der Waals surface area contributed by atoms with Crippen molar-refractivity contribution in [1.82, 2.24) is 9.97 Å². The quantitative estimate of drug-likeness (QED) is 0.617. The minimum atomic E-state index is -1.60. The van der Waals surface area contributed by atoms with Crippen LogP contribution in [0.2, 0.25) is 0 Å². The summed E-state index contributed by atoms with van der Waals surface area (Å²) < 4.78 is 23.0. The van der Waals surface area contributed by atoms with Crippen molar-refractivity contribution in [3.8, 4) is 11.9 Å². The number of rotatable bonds is 7. The summed E-state index contributed by atoms with van der Waals surface area (Å²) in [6, 6.07) is 15.5. The Kier molecular flexibility index (Phi) is 6.09. The standard InChI is InChI=1S/C24H28N2O5/c1-5-20-15(2)21(30-14-16-9-7-6-8-10-16)24(27,31-20)17-11-12-18-19(13-17)25-23(29-4)26-22(18)28-3/h6-13,15,20-21,27H,5,14H2,1-4H3/t15-,20-,21-,24+/m1/s1. The lowest BCUT2D eigenvalue weighted by Crippen LogP contribution is -2.40. The van der Waals surface area contributed by atoms with Gasteiger partial charge in [0, 0.05) is 11.5 Å². The third kappa shape index (κ3) is 3.96. The second-order valence-electron chi connectivity index (χ2n) is 7.79. The number of benzene rings is 2. The van der Waals surface area contributed by atoms with Gasteiger partial charge in [0.15, 0.2) is 0 Å². The Morgan fingerprint density at radius 3 is 2.52 bits per heavy atom. The molecule has 31 heavy (non-hydrogen) atoms. The van der Waals surface area contributed by atoms with Crippen molar-refractivity contribution in [2.24, 2.45) is 5.92 Å². The number of ether oxygens (including phenoxy) is 4. The molecule has 0 radical (unpaired) electrons. The zero-order valence-corrected chi connectivity index (χ0v) is 18.2. The maximum atomic E-state index is 11.7. The highest BCUT2D eigenvalue weighted by Gasteiger charge is 2.54. The number of aromatic nitrogens is 2. The Labute approximate surface area is 182 Å². The van der Waals surface area contributed by atoms with Gasteiger partial charge >= 0.3 is 6.01 Å². The van der Waals surface area contributed by atoms with Crippen LogP contribution >= 0.6 is 0 Å². The van der Waals surface area contributed by atoms with Crippen LogP contribution in [0.15, 0.2) is 48.5 Å². The molecule has 0 spiro atoms. The van der Waals surface area contributed by atoms with Gasteiger partial charge in [-0.05, 0) is 24.1 Å². The second-order valence-corrected chi connectivity index (χ2v) is 7.79. The normalized spacial score (nSPS) is 25.6. The summed E-state index contributed by atoms with van der Waals surface area (Å²) in [7, 11) is 3.04. The van der Waals surface area contributed by atoms with Crippen molar-refractivity contribution in [1.29, 1.82) is 0 Å². The zero-order valence-electron chi connectivity index (χ0n) is 18.2. The SMILES string of the molecule is CC[C@H]1O[C@@](O)(c2ccc3c(OC)nc(OC)nc3c2)[C@H](OCc2ccccc2)[C@@H]1C. The molecule has 3 aromatic rings.